The summed E-state index contributed by atoms with van der Waals surface area (Å²) in [5, 5.41) is 17.1. The summed E-state index contributed by atoms with van der Waals surface area (Å²) in [7, 11) is 3.09. The van der Waals surface area contributed by atoms with E-state index in [2.05, 4.69) is 51.7 Å². The average molecular weight is 1290 g/mol. The number of carbonyl (C=O) groups is 9. The molecule has 484 valence electrons. The second-order valence-electron chi connectivity index (χ2n) is 25.5. The van der Waals surface area contributed by atoms with Crippen LogP contribution in [0.25, 0.3) is 21.5 Å². The zero-order valence-electron chi connectivity index (χ0n) is 52.3. The number of benzene rings is 5. The first-order chi connectivity index (χ1) is 43.5. The molecule has 3 saturated carbocycles. The van der Waals surface area contributed by atoms with Crippen LogP contribution in [0, 0.1) is 29.1 Å². The first-order valence-corrected chi connectivity index (χ1v) is 32.2. The van der Waals surface area contributed by atoms with Gasteiger partial charge in [0.25, 0.3) is 0 Å². The number of nitrogens with two attached hydrogens (primary N) is 2. The van der Waals surface area contributed by atoms with Gasteiger partial charge in [0.05, 0.1) is 16.5 Å². The molecule has 0 radical (unpaired) electrons. The highest BCUT2D eigenvalue weighted by Gasteiger charge is 3.01. The van der Waals surface area contributed by atoms with Crippen molar-refractivity contribution in [3.63, 3.8) is 0 Å². The molecule has 0 bridgehead atoms. The van der Waals surface area contributed by atoms with Gasteiger partial charge in [0, 0.05) is 106 Å². The van der Waals surface area contributed by atoms with Crippen molar-refractivity contribution < 1.29 is 52.6 Å². The van der Waals surface area contributed by atoms with Crippen LogP contribution in [0.15, 0.2) is 84.9 Å². The third-order valence-electron chi connectivity index (χ3n) is 19.2. The van der Waals surface area contributed by atoms with Gasteiger partial charge in [-0.05, 0) is 127 Å². The van der Waals surface area contributed by atoms with Crippen LogP contribution in [-0.2, 0) is 40.1 Å². The molecule has 10 amide bonds. The highest BCUT2D eigenvalue weighted by Crippen LogP contribution is 3.01. The summed E-state index contributed by atoms with van der Waals surface area (Å²) in [5.74, 6) is -1.83. The summed E-state index contributed by atoms with van der Waals surface area (Å²) in [6, 6.07) is 22.4. The number of alkyl halides is 2. The Bertz CT molecular complexity index is 3700. The lowest BCUT2D eigenvalue weighted by Gasteiger charge is -2.37. The molecule has 8 atom stereocenters. The molecule has 5 aromatic rings. The summed E-state index contributed by atoms with van der Waals surface area (Å²) in [6.07, 6.45) is 2.29. The summed E-state index contributed by atoms with van der Waals surface area (Å²) in [6.45, 7) is 8.25. The predicted octanol–water partition coefficient (Wildman–Crippen LogP) is 7.86. The van der Waals surface area contributed by atoms with Crippen LogP contribution in [-0.4, -0.2) is 147 Å². The number of nitrogens with zero attached hydrogens (tertiary/aromatic N) is 4. The van der Waals surface area contributed by atoms with Gasteiger partial charge in [-0.1, -0.05) is 74.5 Å². The van der Waals surface area contributed by atoms with Gasteiger partial charge in [-0.2, -0.15) is 0 Å². The summed E-state index contributed by atoms with van der Waals surface area (Å²) in [5.41, 5.74) is 14.8. The van der Waals surface area contributed by atoms with Gasteiger partial charge in [-0.15, -0.1) is 23.2 Å². The molecule has 22 nitrogen and oxygen atoms in total. The molecule has 91 heavy (non-hydrogen) atoms. The molecule has 0 saturated heterocycles. The standard InChI is InChI=1S/C67H81Cl2N11O11/c1-38(2)56(76-58(83)49(73-40(4)81)18-11-12-24-70)59(84)75-50(19-13-25-72-62(71)87)57(82)74-44-22-20-41(21-23-44)34-90-63(88)77(5)26-27-78(6)64(89)91-53-29-52-55(48-17-10-8-15-46(48)53)43(31-69)33-80(52)61(86)66-35-65(36-67(65,66)37-66)60(85)79-32-42(30-68)54-47-16-9-7-14-45(47)39(3)28-51(54)79/h7-10,14-17,20-23,28-29,38,42-43,49-50,56H,11-13,18-19,24-27,30-37,70H2,1-6H3,(H,73,81)(H,74,82)(H,75,84)(H,76,83)(H3,71,72,87). The Hall–Kier alpha value is -8.21. The SMILES string of the molecule is CC(=O)NC(CCCCN)C(=O)NC(C(=O)NC(CCCNC(N)=O)C(=O)Nc1ccc(COC(=O)N(C)CCN(C)C(=O)Oc2cc3c(c4ccccc24)C(CCl)CN3C(=O)C23CC4(C(=O)N5CC(CCl)c6c5cc(C)c5ccccc65)CC42C3)cc1)C(C)C. The molecule has 0 aromatic heterocycles. The van der Waals surface area contributed by atoms with Crippen LogP contribution in [0.4, 0.5) is 31.4 Å². The molecule has 2 aliphatic heterocycles. The van der Waals surface area contributed by atoms with Crippen molar-refractivity contribution in [1.82, 2.24) is 31.1 Å². The molecule has 2 heterocycles. The maximum absolute atomic E-state index is 15.1. The molecule has 5 aromatic carbocycles. The number of primary amides is 1. The Morgan fingerprint density at radius 3 is 1.78 bits per heavy atom. The Kier molecular flexibility index (Phi) is 19.5. The van der Waals surface area contributed by atoms with Crippen molar-refractivity contribution in [2.24, 2.45) is 33.6 Å². The van der Waals surface area contributed by atoms with E-state index in [-0.39, 0.29) is 74.4 Å². The number of ether oxygens (including phenoxy) is 2. The number of amides is 10. The summed E-state index contributed by atoms with van der Waals surface area (Å²) in [4.78, 5) is 128. The number of halogens is 2. The molecule has 3 fully saturated rings. The molecule has 24 heteroatoms. The van der Waals surface area contributed by atoms with Gasteiger partial charge in [0.1, 0.15) is 30.5 Å². The Labute approximate surface area is 539 Å². The molecule has 5 aliphatic rings. The number of likely N-dealkylation sites (N-methyl/N-ethyl adjacent to an activating group) is 2. The molecular weight excluding hydrogens is 1210 g/mol. The number of aryl methyl sites for hydroxylation is 1. The lowest BCUT2D eigenvalue weighted by Crippen LogP contribution is -2.57. The number of fused-ring (bicyclic) bond motifs is 6. The second-order valence-corrected chi connectivity index (χ2v) is 26.2. The number of hydrogen-bond acceptors (Lipinski definition) is 12. The molecular formula is C67H81Cl2N11O11. The van der Waals surface area contributed by atoms with E-state index in [4.69, 9.17) is 44.1 Å². The quantitative estimate of drug-likeness (QED) is 0.0206. The zero-order chi connectivity index (χ0) is 65.3. The highest BCUT2D eigenvalue weighted by atomic mass is 35.5. The third-order valence-corrected chi connectivity index (χ3v) is 20.0. The highest BCUT2D eigenvalue weighted by molar-refractivity contribution is 6.20. The van der Waals surface area contributed by atoms with E-state index in [9.17, 15) is 38.4 Å². The van der Waals surface area contributed by atoms with E-state index in [1.165, 1.54) is 23.8 Å². The first kappa shape index (κ1) is 65.7. The number of rotatable bonds is 26. The van der Waals surface area contributed by atoms with Crippen LogP contribution in [0.5, 0.6) is 5.75 Å². The maximum atomic E-state index is 15.1. The van der Waals surface area contributed by atoms with Crippen LogP contribution in [0.3, 0.4) is 0 Å². The second kappa shape index (κ2) is 26.9. The van der Waals surface area contributed by atoms with Gasteiger partial charge in [-0.25, -0.2) is 14.4 Å². The monoisotopic (exact) mass is 1290 g/mol. The minimum absolute atomic E-state index is 0.00466. The van der Waals surface area contributed by atoms with Crippen LogP contribution in [0.1, 0.15) is 106 Å². The number of anilines is 3. The first-order valence-electron chi connectivity index (χ1n) is 31.2. The number of carbonyl (C=O) groups excluding carboxylic acids is 9. The summed E-state index contributed by atoms with van der Waals surface area (Å²) < 4.78 is 11.7. The van der Waals surface area contributed by atoms with E-state index < -0.39 is 82.1 Å². The van der Waals surface area contributed by atoms with Gasteiger partial charge in [0.2, 0.25) is 35.4 Å². The van der Waals surface area contributed by atoms with E-state index >= 15 is 4.79 Å². The van der Waals surface area contributed by atoms with E-state index in [0.717, 1.165) is 38.5 Å². The third kappa shape index (κ3) is 12.8. The molecule has 10 rings (SSSR count). The fourth-order valence-electron chi connectivity index (χ4n) is 14.3. The van der Waals surface area contributed by atoms with E-state index in [1.807, 2.05) is 41.3 Å². The van der Waals surface area contributed by atoms with E-state index in [0.29, 0.717) is 86.4 Å². The molecule has 3 aliphatic carbocycles. The van der Waals surface area contributed by atoms with Crippen molar-refractivity contribution in [2.45, 2.75) is 116 Å². The predicted molar refractivity (Wildman–Crippen MR) is 348 cm³/mol. The number of urea groups is 1. The van der Waals surface area contributed by atoms with Crippen molar-refractivity contribution in [2.75, 3.05) is 80.2 Å². The van der Waals surface area contributed by atoms with E-state index in [1.54, 1.807) is 56.1 Å². The van der Waals surface area contributed by atoms with Crippen LogP contribution < -0.4 is 52.6 Å². The Morgan fingerprint density at radius 1 is 0.670 bits per heavy atom. The largest absolute Gasteiger partial charge is 0.445 e. The Morgan fingerprint density at radius 2 is 1.22 bits per heavy atom. The van der Waals surface area contributed by atoms with Gasteiger partial charge in [0.15, 0.2) is 0 Å². The maximum Gasteiger partial charge on any atom is 0.415 e. The molecule has 9 N–H and O–H groups in total. The fourth-order valence-corrected chi connectivity index (χ4v) is 14.8. The van der Waals surface area contributed by atoms with Crippen molar-refractivity contribution in [1.29, 1.82) is 0 Å². The lowest BCUT2D eigenvalue weighted by molar-refractivity contribution is -0.134. The average Bonchev–Trinajstić information content (AvgIpc) is 1.40. The van der Waals surface area contributed by atoms with Crippen molar-refractivity contribution >= 4 is 115 Å². The lowest BCUT2D eigenvalue weighted by atomic mass is 9.72. The summed E-state index contributed by atoms with van der Waals surface area (Å²) >= 11 is 13.3. The minimum atomic E-state index is -1.11. The van der Waals surface area contributed by atoms with Crippen molar-refractivity contribution in [3.8, 4) is 5.75 Å². The topological polar surface area (TPSA) is 297 Å². The number of unbranched alkanes of at least 4 members (excludes halogenated alkanes) is 1. The van der Waals surface area contributed by atoms with Gasteiger partial charge in [-0.3, -0.25) is 28.8 Å². The van der Waals surface area contributed by atoms with Gasteiger partial charge < -0.3 is 67.1 Å². The van der Waals surface area contributed by atoms with Crippen LogP contribution >= 0.6 is 23.2 Å². The normalized spacial score (nSPS) is 21.4. The smallest absolute Gasteiger partial charge is 0.415 e. The minimum Gasteiger partial charge on any atom is -0.445 e. The fraction of sp³-hybridized carbons (Fsp3) is 0.478. The Balaban J connectivity index is 0.728. The molecule has 8 unspecified atom stereocenters. The van der Waals surface area contributed by atoms with Crippen LogP contribution in [0.2, 0.25) is 0 Å². The van der Waals surface area contributed by atoms with Crippen molar-refractivity contribution in [3.05, 3.63) is 107 Å². The van der Waals surface area contributed by atoms with Gasteiger partial charge >= 0.3 is 18.2 Å². The number of nitrogens with one attached hydrogen (secondary N) is 5. The number of hydrogen-bond donors (Lipinski definition) is 7. The molecule has 1 spiro atoms. The zero-order valence-corrected chi connectivity index (χ0v) is 53.8.